The van der Waals surface area contributed by atoms with Gasteiger partial charge >= 0.3 is 6.09 Å². The molecule has 0 saturated carbocycles. The number of carbonyl (C=O) groups is 1. The first kappa shape index (κ1) is 17.1. The largest absolute Gasteiger partial charge is 0.493 e. The zero-order valence-corrected chi connectivity index (χ0v) is 13.4. The standard InChI is InChI=1S/C17H18FN3O4/c18-13-7-19-16(20-8-13)11-1-3-14(4-2-11)25-10-12-9-24-6-5-15(12)21-17(22)23/h1-4,7-8,12,15,21H,5-6,9-10H2,(H,22,23)/t12-,15+/m1/s1. The number of hydrogen-bond acceptors (Lipinski definition) is 5. The Morgan fingerprint density at radius 3 is 2.72 bits per heavy atom. The number of nitrogens with zero attached hydrogens (tertiary/aromatic N) is 2. The topological polar surface area (TPSA) is 93.6 Å². The van der Waals surface area contributed by atoms with Crippen LogP contribution >= 0.6 is 0 Å². The molecule has 25 heavy (non-hydrogen) atoms. The summed E-state index contributed by atoms with van der Waals surface area (Å²) < 4.78 is 24.0. The summed E-state index contributed by atoms with van der Waals surface area (Å²) in [6.45, 7) is 1.33. The fraction of sp³-hybridized carbons (Fsp3) is 0.353. The summed E-state index contributed by atoms with van der Waals surface area (Å²) in [5, 5.41) is 11.4. The Labute approximate surface area is 143 Å². The minimum atomic E-state index is -1.04. The van der Waals surface area contributed by atoms with Crippen LogP contribution in [0.15, 0.2) is 36.7 Å². The van der Waals surface area contributed by atoms with E-state index in [0.717, 1.165) is 18.0 Å². The number of amides is 1. The Morgan fingerprint density at radius 2 is 2.04 bits per heavy atom. The lowest BCUT2D eigenvalue weighted by Gasteiger charge is -2.31. The van der Waals surface area contributed by atoms with Crippen LogP contribution in [0.25, 0.3) is 11.4 Å². The van der Waals surface area contributed by atoms with Crippen molar-refractivity contribution in [2.24, 2.45) is 5.92 Å². The molecule has 0 unspecified atom stereocenters. The van der Waals surface area contributed by atoms with Crippen LogP contribution in [-0.2, 0) is 4.74 Å². The maximum absolute atomic E-state index is 12.9. The molecule has 2 aromatic rings. The van der Waals surface area contributed by atoms with Gasteiger partial charge in [0.1, 0.15) is 5.75 Å². The van der Waals surface area contributed by atoms with E-state index in [1.807, 2.05) is 0 Å². The third-order valence-electron chi connectivity index (χ3n) is 3.98. The van der Waals surface area contributed by atoms with Crippen LogP contribution in [-0.4, -0.2) is 47.0 Å². The van der Waals surface area contributed by atoms with Gasteiger partial charge in [0, 0.05) is 24.1 Å². The highest BCUT2D eigenvalue weighted by molar-refractivity contribution is 5.64. The number of ether oxygens (including phenoxy) is 2. The van der Waals surface area contributed by atoms with Crippen LogP contribution in [0.2, 0.25) is 0 Å². The van der Waals surface area contributed by atoms with Crippen LogP contribution in [0, 0.1) is 11.7 Å². The molecule has 1 saturated heterocycles. The Balaban J connectivity index is 1.59. The van der Waals surface area contributed by atoms with E-state index in [4.69, 9.17) is 14.6 Å². The van der Waals surface area contributed by atoms with Gasteiger partial charge in [0.15, 0.2) is 11.6 Å². The van der Waals surface area contributed by atoms with Crippen molar-refractivity contribution in [2.45, 2.75) is 12.5 Å². The first-order chi connectivity index (χ1) is 12.1. The Hall–Kier alpha value is -2.74. The minimum absolute atomic E-state index is 0.0510. The number of benzene rings is 1. The second kappa shape index (κ2) is 7.89. The summed E-state index contributed by atoms with van der Waals surface area (Å²) in [6.07, 6.45) is 1.82. The van der Waals surface area contributed by atoms with Crippen molar-refractivity contribution in [2.75, 3.05) is 19.8 Å². The van der Waals surface area contributed by atoms with E-state index in [1.165, 1.54) is 0 Å². The summed E-state index contributed by atoms with van der Waals surface area (Å²) in [5.74, 6) is 0.540. The third-order valence-corrected chi connectivity index (χ3v) is 3.98. The van der Waals surface area contributed by atoms with Gasteiger partial charge in [0.05, 0.1) is 25.6 Å². The summed E-state index contributed by atoms with van der Waals surface area (Å²) in [6, 6.07) is 6.93. The first-order valence-electron chi connectivity index (χ1n) is 7.90. The molecule has 7 nitrogen and oxygen atoms in total. The molecule has 2 atom stereocenters. The molecular weight excluding hydrogens is 329 g/mol. The summed E-state index contributed by atoms with van der Waals surface area (Å²) in [5.41, 5.74) is 0.749. The Bertz CT molecular complexity index is 709. The third kappa shape index (κ3) is 4.63. The molecule has 0 bridgehead atoms. The van der Waals surface area contributed by atoms with Crippen LogP contribution in [0.1, 0.15) is 6.42 Å². The quantitative estimate of drug-likeness (QED) is 0.862. The lowest BCUT2D eigenvalue weighted by atomic mass is 9.97. The number of carboxylic acid groups (broad SMARTS) is 1. The van der Waals surface area contributed by atoms with E-state index in [0.29, 0.717) is 37.8 Å². The lowest BCUT2D eigenvalue weighted by Crippen LogP contribution is -2.47. The second-order valence-electron chi connectivity index (χ2n) is 5.74. The molecule has 3 rings (SSSR count). The fourth-order valence-electron chi connectivity index (χ4n) is 2.67. The van der Waals surface area contributed by atoms with Gasteiger partial charge < -0.3 is 19.9 Å². The van der Waals surface area contributed by atoms with Crippen molar-refractivity contribution in [3.05, 3.63) is 42.5 Å². The van der Waals surface area contributed by atoms with Crippen molar-refractivity contribution in [1.29, 1.82) is 0 Å². The number of nitrogens with one attached hydrogen (secondary N) is 1. The average molecular weight is 347 g/mol. The smallest absolute Gasteiger partial charge is 0.404 e. The van der Waals surface area contributed by atoms with Crippen molar-refractivity contribution >= 4 is 6.09 Å². The van der Waals surface area contributed by atoms with Crippen molar-refractivity contribution < 1.29 is 23.8 Å². The molecule has 0 radical (unpaired) electrons. The van der Waals surface area contributed by atoms with Crippen molar-refractivity contribution in [1.82, 2.24) is 15.3 Å². The molecule has 2 heterocycles. The Kier molecular flexibility index (Phi) is 5.39. The number of aromatic nitrogens is 2. The van der Waals surface area contributed by atoms with E-state index in [1.54, 1.807) is 24.3 Å². The summed E-state index contributed by atoms with van der Waals surface area (Å²) in [4.78, 5) is 18.7. The van der Waals surface area contributed by atoms with Gasteiger partial charge in [-0.3, -0.25) is 0 Å². The number of rotatable bonds is 5. The van der Waals surface area contributed by atoms with Crippen LogP contribution in [0.4, 0.5) is 9.18 Å². The monoisotopic (exact) mass is 347 g/mol. The fourth-order valence-corrected chi connectivity index (χ4v) is 2.67. The van der Waals surface area contributed by atoms with Crippen LogP contribution in [0.3, 0.4) is 0 Å². The first-order valence-corrected chi connectivity index (χ1v) is 7.90. The molecular formula is C17H18FN3O4. The zero-order chi connectivity index (χ0) is 17.6. The zero-order valence-electron chi connectivity index (χ0n) is 13.4. The van der Waals surface area contributed by atoms with E-state index in [-0.39, 0.29) is 12.0 Å². The highest BCUT2D eigenvalue weighted by atomic mass is 19.1. The van der Waals surface area contributed by atoms with Crippen molar-refractivity contribution in [3.8, 4) is 17.1 Å². The van der Waals surface area contributed by atoms with E-state index in [9.17, 15) is 9.18 Å². The van der Waals surface area contributed by atoms with Gasteiger partial charge in [0.25, 0.3) is 0 Å². The summed E-state index contributed by atoms with van der Waals surface area (Å²) >= 11 is 0. The highest BCUT2D eigenvalue weighted by Gasteiger charge is 2.27. The number of halogens is 1. The SMILES string of the molecule is O=C(O)N[C@H]1CCOC[C@@H]1COc1ccc(-c2ncc(F)cn2)cc1. The molecule has 1 aromatic carbocycles. The normalized spacial score (nSPS) is 20.0. The van der Waals surface area contributed by atoms with Gasteiger partial charge in [-0.05, 0) is 30.7 Å². The highest BCUT2D eigenvalue weighted by Crippen LogP contribution is 2.21. The minimum Gasteiger partial charge on any atom is -0.493 e. The molecule has 1 amide bonds. The molecule has 0 aliphatic carbocycles. The summed E-state index contributed by atoms with van der Waals surface area (Å²) in [7, 11) is 0. The molecule has 1 aliphatic rings. The van der Waals surface area contributed by atoms with Gasteiger partial charge in [-0.15, -0.1) is 0 Å². The molecule has 1 aliphatic heterocycles. The number of hydrogen-bond donors (Lipinski definition) is 2. The molecule has 1 aromatic heterocycles. The lowest BCUT2D eigenvalue weighted by molar-refractivity contribution is 0.0140. The predicted molar refractivity (Wildman–Crippen MR) is 86.8 cm³/mol. The Morgan fingerprint density at radius 1 is 1.32 bits per heavy atom. The van der Waals surface area contributed by atoms with Gasteiger partial charge in [-0.2, -0.15) is 0 Å². The molecule has 132 valence electrons. The van der Waals surface area contributed by atoms with E-state index in [2.05, 4.69) is 15.3 Å². The molecule has 1 fully saturated rings. The van der Waals surface area contributed by atoms with Gasteiger partial charge in [0.2, 0.25) is 0 Å². The van der Waals surface area contributed by atoms with Crippen LogP contribution < -0.4 is 10.1 Å². The van der Waals surface area contributed by atoms with Gasteiger partial charge in [-0.25, -0.2) is 19.2 Å². The second-order valence-corrected chi connectivity index (χ2v) is 5.74. The molecule has 2 N–H and O–H groups in total. The van der Waals surface area contributed by atoms with Crippen LogP contribution in [0.5, 0.6) is 5.75 Å². The maximum Gasteiger partial charge on any atom is 0.404 e. The van der Waals surface area contributed by atoms with Gasteiger partial charge in [-0.1, -0.05) is 0 Å². The van der Waals surface area contributed by atoms with E-state index >= 15 is 0 Å². The van der Waals surface area contributed by atoms with Crippen molar-refractivity contribution in [3.63, 3.8) is 0 Å². The molecule has 0 spiro atoms. The van der Waals surface area contributed by atoms with E-state index < -0.39 is 11.9 Å². The average Bonchev–Trinajstić information content (AvgIpc) is 2.62. The maximum atomic E-state index is 12.9. The predicted octanol–water partition coefficient (Wildman–Crippen LogP) is 2.33. The molecule has 8 heteroatoms.